The van der Waals surface area contributed by atoms with Crippen LogP contribution < -0.4 is 4.90 Å². The van der Waals surface area contributed by atoms with Crippen LogP contribution in [0, 0.1) is 5.92 Å². The molecule has 1 saturated heterocycles. The van der Waals surface area contributed by atoms with Gasteiger partial charge in [-0.1, -0.05) is 6.07 Å². The van der Waals surface area contributed by atoms with Gasteiger partial charge < -0.3 is 10.0 Å². The van der Waals surface area contributed by atoms with Crippen molar-refractivity contribution in [3.8, 4) is 0 Å². The van der Waals surface area contributed by atoms with E-state index < -0.39 is 29.5 Å². The number of hydrogen-bond acceptors (Lipinski definition) is 2. The van der Waals surface area contributed by atoms with Crippen LogP contribution in [0.4, 0.5) is 18.9 Å². The average molecular weight is 273 g/mol. The lowest BCUT2D eigenvalue weighted by Crippen LogP contribution is -2.26. The first-order valence-electron chi connectivity index (χ1n) is 5.49. The predicted molar refractivity (Wildman–Crippen MR) is 59.5 cm³/mol. The van der Waals surface area contributed by atoms with Gasteiger partial charge in [-0.05, 0) is 18.2 Å². The molecule has 4 nitrogen and oxygen atoms in total. The number of carboxylic acids is 1. The van der Waals surface area contributed by atoms with Crippen LogP contribution in [0.3, 0.4) is 0 Å². The number of rotatable bonds is 2. The van der Waals surface area contributed by atoms with Gasteiger partial charge in [-0.25, -0.2) is 0 Å². The first-order valence-corrected chi connectivity index (χ1v) is 5.49. The molecule has 1 heterocycles. The average Bonchev–Trinajstić information content (AvgIpc) is 2.71. The third-order valence-electron chi connectivity index (χ3n) is 2.96. The molecule has 1 fully saturated rings. The monoisotopic (exact) mass is 273 g/mol. The summed E-state index contributed by atoms with van der Waals surface area (Å²) in [5.41, 5.74) is -0.792. The smallest absolute Gasteiger partial charge is 0.416 e. The highest BCUT2D eigenvalue weighted by molar-refractivity contribution is 5.99. The maximum absolute atomic E-state index is 12.6. The molecule has 1 atom stereocenters. The first kappa shape index (κ1) is 13.4. The maximum Gasteiger partial charge on any atom is 0.416 e. The number of benzene rings is 1. The second-order valence-electron chi connectivity index (χ2n) is 4.29. The molecule has 19 heavy (non-hydrogen) atoms. The van der Waals surface area contributed by atoms with Gasteiger partial charge in [0.15, 0.2) is 0 Å². The Morgan fingerprint density at radius 2 is 2.05 bits per heavy atom. The van der Waals surface area contributed by atoms with Crippen LogP contribution in [0.25, 0.3) is 0 Å². The fourth-order valence-corrected chi connectivity index (χ4v) is 1.97. The van der Waals surface area contributed by atoms with Gasteiger partial charge in [0, 0.05) is 18.7 Å². The molecule has 0 bridgehead atoms. The zero-order chi connectivity index (χ0) is 14.2. The molecule has 1 amide bonds. The molecule has 0 aromatic heterocycles. The van der Waals surface area contributed by atoms with Crippen LogP contribution in [0.2, 0.25) is 0 Å². The standard InChI is InChI=1S/C12H10F3NO3/c13-12(14,15)8-2-1-3-9(5-8)16-6-7(11(18)19)4-10(16)17/h1-3,5,7H,4,6H2,(H,18,19)/t7-/m0/s1. The fraction of sp³-hybridized carbons (Fsp3) is 0.333. The number of amides is 1. The van der Waals surface area contributed by atoms with Crippen molar-refractivity contribution < 1.29 is 27.9 Å². The largest absolute Gasteiger partial charge is 0.481 e. The van der Waals surface area contributed by atoms with Crippen LogP contribution >= 0.6 is 0 Å². The van der Waals surface area contributed by atoms with E-state index in [4.69, 9.17) is 5.11 Å². The lowest BCUT2D eigenvalue weighted by Gasteiger charge is -2.17. The maximum atomic E-state index is 12.6. The van der Waals surface area contributed by atoms with Crippen molar-refractivity contribution in [1.82, 2.24) is 0 Å². The Hall–Kier alpha value is -2.05. The minimum absolute atomic E-state index is 0.0728. The summed E-state index contributed by atoms with van der Waals surface area (Å²) in [4.78, 5) is 23.5. The van der Waals surface area contributed by atoms with Gasteiger partial charge in [0.1, 0.15) is 0 Å². The van der Waals surface area contributed by atoms with Gasteiger partial charge in [-0.2, -0.15) is 13.2 Å². The van der Waals surface area contributed by atoms with Crippen LogP contribution in [0.15, 0.2) is 24.3 Å². The number of carbonyl (C=O) groups is 2. The Bertz CT molecular complexity index is 527. The second-order valence-corrected chi connectivity index (χ2v) is 4.29. The summed E-state index contributed by atoms with van der Waals surface area (Å²) >= 11 is 0. The summed E-state index contributed by atoms with van der Waals surface area (Å²) in [6, 6.07) is 4.30. The quantitative estimate of drug-likeness (QED) is 0.898. The van der Waals surface area contributed by atoms with Crippen molar-refractivity contribution >= 4 is 17.6 Å². The van der Waals surface area contributed by atoms with Gasteiger partial charge in [0.05, 0.1) is 11.5 Å². The van der Waals surface area contributed by atoms with E-state index >= 15 is 0 Å². The van der Waals surface area contributed by atoms with Crippen LogP contribution in [0.1, 0.15) is 12.0 Å². The van der Waals surface area contributed by atoms with E-state index in [1.165, 1.54) is 12.1 Å². The highest BCUT2D eigenvalue weighted by Crippen LogP contribution is 2.33. The van der Waals surface area contributed by atoms with Crippen molar-refractivity contribution in [3.05, 3.63) is 29.8 Å². The van der Waals surface area contributed by atoms with Crippen molar-refractivity contribution in [2.24, 2.45) is 5.92 Å². The van der Waals surface area contributed by atoms with Crippen LogP contribution in [-0.4, -0.2) is 23.5 Å². The number of carboxylic acid groups (broad SMARTS) is 1. The van der Waals surface area contributed by atoms with E-state index in [0.29, 0.717) is 0 Å². The number of aliphatic carboxylic acids is 1. The van der Waals surface area contributed by atoms with Gasteiger partial charge in [-0.15, -0.1) is 0 Å². The summed E-state index contributed by atoms with van der Waals surface area (Å²) in [7, 11) is 0. The highest BCUT2D eigenvalue weighted by Gasteiger charge is 2.36. The predicted octanol–water partition coefficient (Wildman–Crippen LogP) is 2.14. The number of halogens is 3. The Kier molecular flexibility index (Phi) is 3.21. The van der Waals surface area contributed by atoms with Crippen molar-refractivity contribution in [2.45, 2.75) is 12.6 Å². The Morgan fingerprint density at radius 1 is 1.37 bits per heavy atom. The molecular formula is C12H10F3NO3. The van der Waals surface area contributed by atoms with E-state index in [1.54, 1.807) is 0 Å². The summed E-state index contributed by atoms with van der Waals surface area (Å²) in [5.74, 6) is -2.48. The number of anilines is 1. The zero-order valence-electron chi connectivity index (χ0n) is 9.65. The lowest BCUT2D eigenvalue weighted by molar-refractivity contribution is -0.141. The van der Waals surface area contributed by atoms with Crippen molar-refractivity contribution in [3.63, 3.8) is 0 Å². The van der Waals surface area contributed by atoms with E-state index in [0.717, 1.165) is 17.0 Å². The fourth-order valence-electron chi connectivity index (χ4n) is 1.97. The Balaban J connectivity index is 2.28. The normalized spacial score (nSPS) is 19.8. The van der Waals surface area contributed by atoms with E-state index in [-0.39, 0.29) is 18.7 Å². The minimum Gasteiger partial charge on any atom is -0.481 e. The SMILES string of the molecule is O=C(O)[C@H]1CC(=O)N(c2cccc(C(F)(F)F)c2)C1. The number of alkyl halides is 3. The van der Waals surface area contributed by atoms with E-state index in [1.807, 2.05) is 0 Å². The summed E-state index contributed by atoms with van der Waals surface area (Å²) in [6.45, 7) is -0.102. The number of hydrogen-bond donors (Lipinski definition) is 1. The van der Waals surface area contributed by atoms with Gasteiger partial charge in [0.2, 0.25) is 5.91 Å². The lowest BCUT2D eigenvalue weighted by atomic mass is 10.1. The number of carbonyl (C=O) groups excluding carboxylic acids is 1. The van der Waals surface area contributed by atoms with Crippen LogP contribution in [-0.2, 0) is 15.8 Å². The molecule has 0 saturated carbocycles. The molecule has 2 rings (SSSR count). The molecule has 102 valence electrons. The van der Waals surface area contributed by atoms with E-state index in [2.05, 4.69) is 0 Å². The molecule has 1 aliphatic heterocycles. The molecule has 1 N–H and O–H groups in total. The Morgan fingerprint density at radius 3 is 2.58 bits per heavy atom. The zero-order valence-corrected chi connectivity index (χ0v) is 9.65. The molecule has 1 aliphatic rings. The molecule has 0 aliphatic carbocycles. The van der Waals surface area contributed by atoms with E-state index in [9.17, 15) is 22.8 Å². The van der Waals surface area contributed by atoms with Crippen molar-refractivity contribution in [2.75, 3.05) is 11.4 Å². The Labute approximate surface area is 106 Å². The first-order chi connectivity index (χ1) is 8.79. The third kappa shape index (κ3) is 2.69. The third-order valence-corrected chi connectivity index (χ3v) is 2.96. The topological polar surface area (TPSA) is 57.6 Å². The van der Waals surface area contributed by atoms with Gasteiger partial charge in [0.25, 0.3) is 0 Å². The van der Waals surface area contributed by atoms with Gasteiger partial charge in [-0.3, -0.25) is 9.59 Å². The molecule has 1 aromatic carbocycles. The number of nitrogens with zero attached hydrogens (tertiary/aromatic N) is 1. The molecule has 0 unspecified atom stereocenters. The highest BCUT2D eigenvalue weighted by atomic mass is 19.4. The van der Waals surface area contributed by atoms with Crippen LogP contribution in [0.5, 0.6) is 0 Å². The molecular weight excluding hydrogens is 263 g/mol. The summed E-state index contributed by atoms with van der Waals surface area (Å²) in [5, 5.41) is 8.82. The molecule has 0 spiro atoms. The van der Waals surface area contributed by atoms with Crippen molar-refractivity contribution in [1.29, 1.82) is 0 Å². The second kappa shape index (κ2) is 4.56. The van der Waals surface area contributed by atoms with Gasteiger partial charge >= 0.3 is 12.1 Å². The minimum atomic E-state index is -4.50. The summed E-state index contributed by atoms with van der Waals surface area (Å²) < 4.78 is 37.7. The molecule has 7 heteroatoms. The molecule has 1 aromatic rings. The molecule has 0 radical (unpaired) electrons. The summed E-state index contributed by atoms with van der Waals surface area (Å²) in [6.07, 6.45) is -4.68.